The summed E-state index contributed by atoms with van der Waals surface area (Å²) in [6, 6.07) is 11.0. The van der Waals surface area contributed by atoms with Gasteiger partial charge in [0.1, 0.15) is 17.3 Å². The van der Waals surface area contributed by atoms with E-state index in [0.29, 0.717) is 18.0 Å². The average Bonchev–Trinajstić information content (AvgIpc) is 3.08. The molecule has 23 heavy (non-hydrogen) atoms. The number of carbonyl (C=O) groups is 1. The largest absolute Gasteiger partial charge is 0.497 e. The molecule has 124 valence electrons. The van der Waals surface area contributed by atoms with Crippen LogP contribution in [0.2, 0.25) is 0 Å². The smallest absolute Gasteiger partial charge is 0.260 e. The maximum Gasteiger partial charge on any atom is 0.260 e. The highest BCUT2D eigenvalue weighted by molar-refractivity contribution is 7.98. The van der Waals surface area contributed by atoms with Crippen LogP contribution in [-0.4, -0.2) is 31.4 Å². The van der Waals surface area contributed by atoms with E-state index in [1.807, 2.05) is 24.3 Å². The van der Waals surface area contributed by atoms with Crippen LogP contribution in [0, 0.1) is 0 Å². The summed E-state index contributed by atoms with van der Waals surface area (Å²) in [6.45, 7) is 2.32. The SMILES string of the molecule is COc1cccc(O[C@H](C)C(=O)NCCSCc2ccco2)c1. The number of hydrogen-bond acceptors (Lipinski definition) is 5. The Morgan fingerprint density at radius 2 is 2.13 bits per heavy atom. The zero-order valence-corrected chi connectivity index (χ0v) is 14.1. The van der Waals surface area contributed by atoms with Gasteiger partial charge in [-0.25, -0.2) is 0 Å². The van der Waals surface area contributed by atoms with Crippen LogP contribution in [0.25, 0.3) is 0 Å². The van der Waals surface area contributed by atoms with Crippen LogP contribution in [-0.2, 0) is 10.5 Å². The topological polar surface area (TPSA) is 60.7 Å². The van der Waals surface area contributed by atoms with Gasteiger partial charge in [0.2, 0.25) is 0 Å². The van der Waals surface area contributed by atoms with Gasteiger partial charge in [-0.15, -0.1) is 0 Å². The average molecular weight is 335 g/mol. The molecule has 0 unspecified atom stereocenters. The van der Waals surface area contributed by atoms with Crippen molar-refractivity contribution in [1.82, 2.24) is 5.32 Å². The number of ether oxygens (including phenoxy) is 2. The predicted octanol–water partition coefficient (Wildman–Crippen LogP) is 3.11. The zero-order valence-electron chi connectivity index (χ0n) is 13.3. The molecule has 6 heteroatoms. The van der Waals surface area contributed by atoms with Crippen molar-refractivity contribution in [1.29, 1.82) is 0 Å². The molecule has 1 heterocycles. The summed E-state index contributed by atoms with van der Waals surface area (Å²) in [5.74, 6) is 3.74. The van der Waals surface area contributed by atoms with Gasteiger partial charge in [-0.05, 0) is 31.2 Å². The van der Waals surface area contributed by atoms with E-state index in [-0.39, 0.29) is 5.91 Å². The van der Waals surface area contributed by atoms with Crippen LogP contribution in [0.15, 0.2) is 47.1 Å². The Morgan fingerprint density at radius 3 is 2.87 bits per heavy atom. The normalized spacial score (nSPS) is 11.7. The molecule has 0 fully saturated rings. The van der Waals surface area contributed by atoms with E-state index in [0.717, 1.165) is 17.3 Å². The number of amides is 1. The summed E-state index contributed by atoms with van der Waals surface area (Å²) >= 11 is 1.71. The number of methoxy groups -OCH3 is 1. The Morgan fingerprint density at radius 1 is 1.30 bits per heavy atom. The van der Waals surface area contributed by atoms with Gasteiger partial charge in [-0.2, -0.15) is 11.8 Å². The molecular weight excluding hydrogens is 314 g/mol. The van der Waals surface area contributed by atoms with E-state index in [9.17, 15) is 4.79 Å². The molecule has 0 saturated carbocycles. The lowest BCUT2D eigenvalue weighted by Gasteiger charge is -2.15. The van der Waals surface area contributed by atoms with Crippen LogP contribution in [0.5, 0.6) is 11.5 Å². The predicted molar refractivity (Wildman–Crippen MR) is 91.0 cm³/mol. The fraction of sp³-hybridized carbons (Fsp3) is 0.353. The van der Waals surface area contributed by atoms with E-state index in [4.69, 9.17) is 13.9 Å². The van der Waals surface area contributed by atoms with Gasteiger partial charge < -0.3 is 19.2 Å². The van der Waals surface area contributed by atoms with E-state index < -0.39 is 6.10 Å². The Hall–Kier alpha value is -2.08. The number of rotatable bonds is 9. The molecule has 1 N–H and O–H groups in total. The summed E-state index contributed by atoms with van der Waals surface area (Å²) < 4.78 is 16.0. The molecule has 1 amide bonds. The maximum absolute atomic E-state index is 12.0. The summed E-state index contributed by atoms with van der Waals surface area (Å²) in [7, 11) is 1.59. The minimum atomic E-state index is -0.558. The van der Waals surface area contributed by atoms with Crippen molar-refractivity contribution in [3.8, 4) is 11.5 Å². The standard InChI is InChI=1S/C17H21NO4S/c1-13(22-15-6-3-5-14(11-15)20-2)17(19)18-8-10-23-12-16-7-4-9-21-16/h3-7,9,11,13H,8,10,12H2,1-2H3,(H,18,19)/t13-/m1/s1. The highest BCUT2D eigenvalue weighted by Gasteiger charge is 2.14. The second-order valence-corrected chi connectivity index (χ2v) is 5.97. The van der Waals surface area contributed by atoms with Crippen molar-refractivity contribution in [2.24, 2.45) is 0 Å². The molecule has 5 nitrogen and oxygen atoms in total. The third kappa shape index (κ3) is 5.90. The number of benzene rings is 1. The lowest BCUT2D eigenvalue weighted by atomic mass is 10.3. The van der Waals surface area contributed by atoms with E-state index >= 15 is 0 Å². The van der Waals surface area contributed by atoms with E-state index in [1.165, 1.54) is 0 Å². The molecular formula is C17H21NO4S. The lowest BCUT2D eigenvalue weighted by Crippen LogP contribution is -2.37. The number of carbonyl (C=O) groups excluding carboxylic acids is 1. The zero-order chi connectivity index (χ0) is 16.5. The molecule has 0 saturated heterocycles. The van der Waals surface area contributed by atoms with Crippen molar-refractivity contribution in [3.63, 3.8) is 0 Å². The van der Waals surface area contributed by atoms with Gasteiger partial charge in [-0.3, -0.25) is 4.79 Å². The van der Waals surface area contributed by atoms with Gasteiger partial charge in [0.05, 0.1) is 19.1 Å². The molecule has 1 atom stereocenters. The molecule has 0 radical (unpaired) electrons. The van der Waals surface area contributed by atoms with Gasteiger partial charge in [0, 0.05) is 18.4 Å². The van der Waals surface area contributed by atoms with Crippen molar-refractivity contribution in [2.75, 3.05) is 19.4 Å². The van der Waals surface area contributed by atoms with E-state index in [1.54, 1.807) is 44.2 Å². The third-order valence-electron chi connectivity index (χ3n) is 3.09. The van der Waals surface area contributed by atoms with Crippen LogP contribution < -0.4 is 14.8 Å². The first kappa shape index (κ1) is 17.3. The molecule has 0 aliphatic rings. The molecule has 0 aliphatic carbocycles. The summed E-state index contributed by atoms with van der Waals surface area (Å²) in [5, 5.41) is 2.86. The van der Waals surface area contributed by atoms with Crippen molar-refractivity contribution in [2.45, 2.75) is 18.8 Å². The number of furan rings is 1. The molecule has 1 aromatic carbocycles. The molecule has 2 rings (SSSR count). The molecule has 1 aromatic heterocycles. The van der Waals surface area contributed by atoms with Gasteiger partial charge in [0.15, 0.2) is 6.10 Å². The monoisotopic (exact) mass is 335 g/mol. The fourth-order valence-corrected chi connectivity index (χ4v) is 2.65. The Balaban J connectivity index is 1.66. The first-order chi connectivity index (χ1) is 11.2. The highest BCUT2D eigenvalue weighted by Crippen LogP contribution is 2.20. The van der Waals surface area contributed by atoms with Crippen molar-refractivity contribution < 1.29 is 18.7 Å². The van der Waals surface area contributed by atoms with Gasteiger partial charge in [-0.1, -0.05) is 6.07 Å². The first-order valence-corrected chi connectivity index (χ1v) is 8.53. The van der Waals surface area contributed by atoms with Crippen LogP contribution in [0.3, 0.4) is 0 Å². The molecule has 0 aliphatic heterocycles. The fourth-order valence-electron chi connectivity index (χ4n) is 1.89. The minimum Gasteiger partial charge on any atom is -0.497 e. The van der Waals surface area contributed by atoms with Crippen LogP contribution in [0.4, 0.5) is 0 Å². The quantitative estimate of drug-likeness (QED) is 0.714. The number of hydrogen-bond donors (Lipinski definition) is 1. The lowest BCUT2D eigenvalue weighted by molar-refractivity contribution is -0.127. The second-order valence-electron chi connectivity index (χ2n) is 4.86. The number of thioether (sulfide) groups is 1. The van der Waals surface area contributed by atoms with Gasteiger partial charge in [0.25, 0.3) is 5.91 Å². The maximum atomic E-state index is 12.0. The highest BCUT2D eigenvalue weighted by atomic mass is 32.2. The molecule has 0 spiro atoms. The second kappa shape index (κ2) is 9.15. The summed E-state index contributed by atoms with van der Waals surface area (Å²) in [4.78, 5) is 12.0. The Kier molecular flexibility index (Phi) is 6.87. The molecule has 0 bridgehead atoms. The Labute approximate surface area is 140 Å². The first-order valence-electron chi connectivity index (χ1n) is 7.37. The van der Waals surface area contributed by atoms with Crippen LogP contribution in [0.1, 0.15) is 12.7 Å². The van der Waals surface area contributed by atoms with Crippen molar-refractivity contribution in [3.05, 3.63) is 48.4 Å². The van der Waals surface area contributed by atoms with E-state index in [2.05, 4.69) is 5.32 Å². The number of nitrogens with one attached hydrogen (secondary N) is 1. The minimum absolute atomic E-state index is 0.133. The summed E-state index contributed by atoms with van der Waals surface area (Å²) in [6.07, 6.45) is 1.10. The third-order valence-corrected chi connectivity index (χ3v) is 4.07. The molecule has 2 aromatic rings. The Bertz CT molecular complexity index is 600. The van der Waals surface area contributed by atoms with Gasteiger partial charge >= 0.3 is 0 Å². The van der Waals surface area contributed by atoms with Crippen LogP contribution >= 0.6 is 11.8 Å². The van der Waals surface area contributed by atoms with Crippen molar-refractivity contribution >= 4 is 17.7 Å². The summed E-state index contributed by atoms with van der Waals surface area (Å²) in [5.41, 5.74) is 0.